The highest BCUT2D eigenvalue weighted by atomic mass is 16.5. The topological polar surface area (TPSA) is 85.7 Å². The van der Waals surface area contributed by atoms with Crippen molar-refractivity contribution in [3.05, 3.63) is 66.4 Å². The van der Waals surface area contributed by atoms with Gasteiger partial charge in [0.15, 0.2) is 0 Å². The molecule has 4 aromatic rings. The summed E-state index contributed by atoms with van der Waals surface area (Å²) in [5.41, 5.74) is 5.60. The molecule has 0 aliphatic rings. The maximum absolute atomic E-state index is 5.27. The minimum atomic E-state index is 0.194. The summed E-state index contributed by atoms with van der Waals surface area (Å²) in [4.78, 5) is 22.0. The SMILES string of the molecule is COc1ccc2nccc(C(C)CNc3cc(-c4ccc(C)nc4)ncn3)c2n1. The lowest BCUT2D eigenvalue weighted by Crippen LogP contribution is -2.12. The van der Waals surface area contributed by atoms with Crippen LogP contribution in [0.5, 0.6) is 5.88 Å². The fourth-order valence-electron chi connectivity index (χ4n) is 3.14. The number of nitrogens with zero attached hydrogens (tertiary/aromatic N) is 5. The Bertz CT molecular complexity index is 1130. The Morgan fingerprint density at radius 1 is 1.03 bits per heavy atom. The van der Waals surface area contributed by atoms with Gasteiger partial charge in [-0.25, -0.2) is 15.0 Å². The largest absolute Gasteiger partial charge is 0.481 e. The molecule has 0 fully saturated rings. The minimum absolute atomic E-state index is 0.194. The van der Waals surface area contributed by atoms with E-state index in [4.69, 9.17) is 4.74 Å². The van der Waals surface area contributed by atoms with Crippen LogP contribution in [-0.4, -0.2) is 38.6 Å². The molecule has 0 bridgehead atoms. The fraction of sp³-hybridized carbons (Fsp3) is 0.227. The van der Waals surface area contributed by atoms with Gasteiger partial charge in [0.2, 0.25) is 5.88 Å². The van der Waals surface area contributed by atoms with Crippen molar-refractivity contribution < 1.29 is 4.74 Å². The van der Waals surface area contributed by atoms with Gasteiger partial charge in [0.05, 0.1) is 23.8 Å². The third-order valence-corrected chi connectivity index (χ3v) is 4.79. The van der Waals surface area contributed by atoms with Crippen LogP contribution < -0.4 is 10.1 Å². The number of hydrogen-bond acceptors (Lipinski definition) is 7. The highest BCUT2D eigenvalue weighted by Gasteiger charge is 2.13. The van der Waals surface area contributed by atoms with Crippen molar-refractivity contribution in [2.75, 3.05) is 19.0 Å². The van der Waals surface area contributed by atoms with Gasteiger partial charge in [0.25, 0.3) is 0 Å². The van der Waals surface area contributed by atoms with Crippen LogP contribution in [0.25, 0.3) is 22.3 Å². The Kier molecular flexibility index (Phi) is 5.29. The van der Waals surface area contributed by atoms with Crippen molar-refractivity contribution in [1.82, 2.24) is 24.9 Å². The number of pyridine rings is 3. The summed E-state index contributed by atoms with van der Waals surface area (Å²) in [6.45, 7) is 4.81. The van der Waals surface area contributed by atoms with Crippen molar-refractivity contribution in [2.45, 2.75) is 19.8 Å². The third kappa shape index (κ3) is 4.13. The number of fused-ring (bicyclic) bond motifs is 1. The van der Waals surface area contributed by atoms with Crippen LogP contribution in [0.2, 0.25) is 0 Å². The first kappa shape index (κ1) is 18.7. The second kappa shape index (κ2) is 8.18. The summed E-state index contributed by atoms with van der Waals surface area (Å²) in [7, 11) is 1.62. The molecule has 0 aliphatic heterocycles. The number of rotatable bonds is 6. The molecular formula is C22H22N6O. The predicted molar refractivity (Wildman–Crippen MR) is 113 cm³/mol. The molecule has 7 heteroatoms. The van der Waals surface area contributed by atoms with Crippen LogP contribution in [-0.2, 0) is 0 Å². The lowest BCUT2D eigenvalue weighted by atomic mass is 10.0. The third-order valence-electron chi connectivity index (χ3n) is 4.79. The highest BCUT2D eigenvalue weighted by Crippen LogP contribution is 2.25. The standard InChI is InChI=1S/C22H22N6O/c1-14(17-8-9-23-18-6-7-21(29-3)28-22(17)18)11-25-20-10-19(26-13-27-20)16-5-4-15(2)24-12-16/h4-10,12-14H,11H2,1-3H3,(H,25,26,27). The van der Waals surface area contributed by atoms with E-state index in [-0.39, 0.29) is 5.92 Å². The zero-order valence-electron chi connectivity index (χ0n) is 16.6. The molecule has 4 heterocycles. The molecule has 0 radical (unpaired) electrons. The van der Waals surface area contributed by atoms with Gasteiger partial charge in [0, 0.05) is 48.2 Å². The monoisotopic (exact) mass is 386 g/mol. The molecule has 0 saturated carbocycles. The van der Waals surface area contributed by atoms with E-state index >= 15 is 0 Å². The van der Waals surface area contributed by atoms with Crippen LogP contribution in [0.4, 0.5) is 5.82 Å². The first-order chi connectivity index (χ1) is 14.1. The molecule has 0 amide bonds. The molecule has 0 saturated heterocycles. The van der Waals surface area contributed by atoms with Crippen LogP contribution in [0.3, 0.4) is 0 Å². The minimum Gasteiger partial charge on any atom is -0.481 e. The van der Waals surface area contributed by atoms with E-state index in [9.17, 15) is 0 Å². The molecule has 0 spiro atoms. The molecule has 7 nitrogen and oxygen atoms in total. The average molecular weight is 386 g/mol. The number of aromatic nitrogens is 5. The number of anilines is 1. The molecule has 0 aromatic carbocycles. The normalized spacial score (nSPS) is 12.0. The summed E-state index contributed by atoms with van der Waals surface area (Å²) in [6, 6.07) is 11.7. The Labute approximate surface area is 169 Å². The van der Waals surface area contributed by atoms with Gasteiger partial charge in [-0.1, -0.05) is 6.92 Å². The number of aryl methyl sites for hydroxylation is 1. The molecule has 1 N–H and O–H groups in total. The van der Waals surface area contributed by atoms with Gasteiger partial charge >= 0.3 is 0 Å². The number of ether oxygens (including phenoxy) is 1. The van der Waals surface area contributed by atoms with E-state index in [1.807, 2.05) is 55.7 Å². The van der Waals surface area contributed by atoms with Gasteiger partial charge in [-0.05, 0) is 36.8 Å². The maximum atomic E-state index is 5.27. The number of methoxy groups -OCH3 is 1. The maximum Gasteiger partial charge on any atom is 0.213 e. The molecule has 29 heavy (non-hydrogen) atoms. The highest BCUT2D eigenvalue weighted by molar-refractivity contribution is 5.78. The van der Waals surface area contributed by atoms with Crippen molar-refractivity contribution in [3.8, 4) is 17.1 Å². The molecule has 4 aromatic heterocycles. The Hall–Kier alpha value is -3.61. The van der Waals surface area contributed by atoms with Gasteiger partial charge in [0.1, 0.15) is 12.1 Å². The second-order valence-electron chi connectivity index (χ2n) is 6.88. The van der Waals surface area contributed by atoms with E-state index in [1.165, 1.54) is 0 Å². The quantitative estimate of drug-likeness (QED) is 0.536. The zero-order chi connectivity index (χ0) is 20.2. The van der Waals surface area contributed by atoms with Gasteiger partial charge < -0.3 is 10.1 Å². The second-order valence-corrected chi connectivity index (χ2v) is 6.88. The first-order valence-electron chi connectivity index (χ1n) is 9.42. The predicted octanol–water partition coefficient (Wildman–Crippen LogP) is 4.01. The van der Waals surface area contributed by atoms with E-state index in [1.54, 1.807) is 13.4 Å². The van der Waals surface area contributed by atoms with Crippen LogP contribution >= 0.6 is 0 Å². The summed E-state index contributed by atoms with van der Waals surface area (Å²) in [5.74, 6) is 1.55. The van der Waals surface area contributed by atoms with Gasteiger partial charge in [-0.15, -0.1) is 0 Å². The smallest absolute Gasteiger partial charge is 0.213 e. The van der Waals surface area contributed by atoms with Crippen LogP contribution in [0.1, 0.15) is 24.1 Å². The summed E-state index contributed by atoms with van der Waals surface area (Å²) >= 11 is 0. The summed E-state index contributed by atoms with van der Waals surface area (Å²) in [5, 5.41) is 3.41. The molecule has 1 unspecified atom stereocenters. The summed E-state index contributed by atoms with van der Waals surface area (Å²) in [6.07, 6.45) is 5.21. The Balaban J connectivity index is 1.53. The lowest BCUT2D eigenvalue weighted by Gasteiger charge is -2.15. The first-order valence-corrected chi connectivity index (χ1v) is 9.42. The lowest BCUT2D eigenvalue weighted by molar-refractivity contribution is 0.399. The number of nitrogens with one attached hydrogen (secondary N) is 1. The van der Waals surface area contributed by atoms with Gasteiger partial charge in [-0.2, -0.15) is 0 Å². The molecule has 4 rings (SSSR count). The van der Waals surface area contributed by atoms with E-state index in [0.717, 1.165) is 39.4 Å². The van der Waals surface area contributed by atoms with Crippen molar-refractivity contribution in [3.63, 3.8) is 0 Å². The van der Waals surface area contributed by atoms with Crippen LogP contribution in [0, 0.1) is 6.92 Å². The molecule has 146 valence electrons. The van der Waals surface area contributed by atoms with Crippen molar-refractivity contribution in [2.24, 2.45) is 0 Å². The van der Waals surface area contributed by atoms with E-state index < -0.39 is 0 Å². The van der Waals surface area contributed by atoms with Crippen molar-refractivity contribution >= 4 is 16.9 Å². The zero-order valence-corrected chi connectivity index (χ0v) is 16.6. The Morgan fingerprint density at radius 2 is 1.93 bits per heavy atom. The van der Waals surface area contributed by atoms with Crippen LogP contribution in [0.15, 0.2) is 55.1 Å². The molecular weight excluding hydrogens is 364 g/mol. The average Bonchev–Trinajstić information content (AvgIpc) is 2.77. The van der Waals surface area contributed by atoms with E-state index in [2.05, 4.69) is 37.2 Å². The molecule has 0 aliphatic carbocycles. The summed E-state index contributed by atoms with van der Waals surface area (Å²) < 4.78 is 5.27. The number of hydrogen-bond donors (Lipinski definition) is 1. The molecule has 1 atom stereocenters. The fourth-order valence-corrected chi connectivity index (χ4v) is 3.14. The van der Waals surface area contributed by atoms with Crippen molar-refractivity contribution in [1.29, 1.82) is 0 Å². The van der Waals surface area contributed by atoms with E-state index in [0.29, 0.717) is 12.4 Å². The van der Waals surface area contributed by atoms with Gasteiger partial charge in [-0.3, -0.25) is 9.97 Å². The Morgan fingerprint density at radius 3 is 2.72 bits per heavy atom.